The predicted molar refractivity (Wildman–Crippen MR) is 90.4 cm³/mol. The molecule has 0 aliphatic carbocycles. The molecule has 0 amide bonds. The van der Waals surface area contributed by atoms with Gasteiger partial charge in [-0.3, -0.25) is 14.3 Å². The molecule has 24 heavy (non-hydrogen) atoms. The molecule has 1 fully saturated rings. The van der Waals surface area contributed by atoms with Crippen LogP contribution in [-0.4, -0.2) is 77.7 Å². The van der Waals surface area contributed by atoms with E-state index in [4.69, 9.17) is 4.74 Å². The standard InChI is InChI=1S/C15H23N5O3S/c1-24(21,22)11-8-20-13-14(12-16-20)15-2-3-19(17-15)5-4-18-6-9-23-10-7-18/h2-3,12-13H,4-11H2,1H3. The fourth-order valence-corrected chi connectivity index (χ4v) is 3.11. The van der Waals surface area contributed by atoms with Crippen molar-refractivity contribution in [3.63, 3.8) is 0 Å². The zero-order valence-corrected chi connectivity index (χ0v) is 14.7. The zero-order chi connectivity index (χ0) is 17.0. The number of ether oxygens (including phenoxy) is 1. The van der Waals surface area contributed by atoms with E-state index in [1.165, 1.54) is 6.26 Å². The molecular weight excluding hydrogens is 330 g/mol. The third-order valence-corrected chi connectivity index (χ3v) is 4.93. The predicted octanol–water partition coefficient (Wildman–Crippen LogP) is 0.123. The van der Waals surface area contributed by atoms with Crippen LogP contribution in [-0.2, 0) is 27.7 Å². The fourth-order valence-electron chi connectivity index (χ4n) is 2.59. The Hall–Kier alpha value is -1.71. The summed E-state index contributed by atoms with van der Waals surface area (Å²) in [4.78, 5) is 2.37. The molecule has 3 rings (SSSR count). The van der Waals surface area contributed by atoms with E-state index in [9.17, 15) is 8.42 Å². The molecule has 3 heterocycles. The molecule has 0 aromatic carbocycles. The minimum Gasteiger partial charge on any atom is -0.379 e. The van der Waals surface area contributed by atoms with Crippen LogP contribution in [0.4, 0.5) is 0 Å². The molecule has 1 aliphatic rings. The van der Waals surface area contributed by atoms with E-state index in [-0.39, 0.29) is 5.75 Å². The first kappa shape index (κ1) is 17.1. The number of aryl methyl sites for hydroxylation is 1. The Morgan fingerprint density at radius 2 is 1.96 bits per heavy atom. The summed E-state index contributed by atoms with van der Waals surface area (Å²) in [7, 11) is -2.99. The Labute approximate surface area is 141 Å². The average molecular weight is 353 g/mol. The average Bonchev–Trinajstić information content (AvgIpc) is 3.20. The van der Waals surface area contributed by atoms with Crippen LogP contribution in [0.5, 0.6) is 0 Å². The number of sulfone groups is 1. The fraction of sp³-hybridized carbons (Fsp3) is 0.600. The molecule has 0 N–H and O–H groups in total. The minimum absolute atomic E-state index is 0.0854. The first-order valence-corrected chi connectivity index (χ1v) is 10.1. The number of hydrogen-bond donors (Lipinski definition) is 0. The largest absolute Gasteiger partial charge is 0.379 e. The molecule has 0 unspecified atom stereocenters. The van der Waals surface area contributed by atoms with Crippen molar-refractivity contribution < 1.29 is 13.2 Å². The maximum atomic E-state index is 11.2. The lowest BCUT2D eigenvalue weighted by atomic mass is 10.3. The lowest BCUT2D eigenvalue weighted by Gasteiger charge is -2.26. The van der Waals surface area contributed by atoms with Crippen molar-refractivity contribution in [1.29, 1.82) is 0 Å². The third kappa shape index (κ3) is 4.89. The van der Waals surface area contributed by atoms with Crippen LogP contribution in [0, 0.1) is 0 Å². The molecule has 0 spiro atoms. The number of aromatic nitrogens is 4. The van der Waals surface area contributed by atoms with Crippen LogP contribution in [0.3, 0.4) is 0 Å². The van der Waals surface area contributed by atoms with Gasteiger partial charge in [0, 0.05) is 43.8 Å². The van der Waals surface area contributed by atoms with Crippen LogP contribution in [0.15, 0.2) is 24.7 Å². The van der Waals surface area contributed by atoms with Crippen molar-refractivity contribution in [2.24, 2.45) is 0 Å². The van der Waals surface area contributed by atoms with Crippen molar-refractivity contribution in [3.05, 3.63) is 24.7 Å². The number of hydrogen-bond acceptors (Lipinski definition) is 6. The lowest BCUT2D eigenvalue weighted by Crippen LogP contribution is -2.38. The SMILES string of the molecule is CS(=O)(=O)CCn1cc(-c2ccn(CCN3CCOCC3)n2)cn1. The quantitative estimate of drug-likeness (QED) is 0.703. The van der Waals surface area contributed by atoms with E-state index in [1.54, 1.807) is 10.9 Å². The highest BCUT2D eigenvalue weighted by Crippen LogP contribution is 2.15. The first-order valence-electron chi connectivity index (χ1n) is 8.04. The van der Waals surface area contributed by atoms with Crippen molar-refractivity contribution in [3.8, 4) is 11.3 Å². The highest BCUT2D eigenvalue weighted by molar-refractivity contribution is 7.90. The van der Waals surface area contributed by atoms with Crippen molar-refractivity contribution in [2.75, 3.05) is 44.9 Å². The van der Waals surface area contributed by atoms with Crippen LogP contribution in [0.1, 0.15) is 0 Å². The van der Waals surface area contributed by atoms with Gasteiger partial charge in [-0.1, -0.05) is 0 Å². The van der Waals surface area contributed by atoms with Gasteiger partial charge in [0.15, 0.2) is 0 Å². The molecule has 0 radical (unpaired) electrons. The zero-order valence-electron chi connectivity index (χ0n) is 13.8. The Bertz CT molecular complexity index is 762. The summed E-state index contributed by atoms with van der Waals surface area (Å²) >= 11 is 0. The normalized spacial score (nSPS) is 16.5. The molecule has 0 saturated carbocycles. The second-order valence-electron chi connectivity index (χ2n) is 6.04. The molecule has 1 saturated heterocycles. The minimum atomic E-state index is -2.99. The Kier molecular flexibility index (Phi) is 5.32. The van der Waals surface area contributed by atoms with Gasteiger partial charge in [0.1, 0.15) is 9.84 Å². The molecule has 2 aromatic heterocycles. The number of nitrogens with zero attached hydrogens (tertiary/aromatic N) is 5. The molecule has 132 valence electrons. The van der Waals surface area contributed by atoms with Gasteiger partial charge in [-0.05, 0) is 6.07 Å². The van der Waals surface area contributed by atoms with Crippen LogP contribution in [0.2, 0.25) is 0 Å². The summed E-state index contributed by atoms with van der Waals surface area (Å²) in [5, 5.41) is 8.78. The summed E-state index contributed by atoms with van der Waals surface area (Å²) < 4.78 is 31.4. The van der Waals surface area contributed by atoms with E-state index >= 15 is 0 Å². The van der Waals surface area contributed by atoms with Crippen molar-refractivity contribution >= 4 is 9.84 Å². The maximum Gasteiger partial charge on any atom is 0.149 e. The van der Waals surface area contributed by atoms with Crippen molar-refractivity contribution in [1.82, 2.24) is 24.5 Å². The second kappa shape index (κ2) is 7.45. The topological polar surface area (TPSA) is 82.2 Å². The van der Waals surface area contributed by atoms with E-state index in [0.29, 0.717) is 6.54 Å². The highest BCUT2D eigenvalue weighted by atomic mass is 32.2. The summed E-state index contributed by atoms with van der Waals surface area (Å²) in [6.07, 6.45) is 6.74. The monoisotopic (exact) mass is 353 g/mol. The second-order valence-corrected chi connectivity index (χ2v) is 8.30. The maximum absolute atomic E-state index is 11.2. The summed E-state index contributed by atoms with van der Waals surface area (Å²) in [5.74, 6) is 0.0854. The van der Waals surface area contributed by atoms with Gasteiger partial charge < -0.3 is 4.74 Å². The Morgan fingerprint density at radius 3 is 2.71 bits per heavy atom. The molecular formula is C15H23N5O3S. The van der Waals surface area contributed by atoms with Gasteiger partial charge >= 0.3 is 0 Å². The van der Waals surface area contributed by atoms with Crippen molar-refractivity contribution in [2.45, 2.75) is 13.1 Å². The molecule has 9 heteroatoms. The van der Waals surface area contributed by atoms with E-state index in [2.05, 4.69) is 15.1 Å². The molecule has 0 atom stereocenters. The van der Waals surface area contributed by atoms with Crippen LogP contribution >= 0.6 is 0 Å². The number of rotatable bonds is 7. The summed E-state index contributed by atoms with van der Waals surface area (Å²) in [6, 6.07) is 1.96. The molecule has 0 bridgehead atoms. The third-order valence-electron chi connectivity index (χ3n) is 4.01. The first-order chi connectivity index (χ1) is 11.5. The molecule has 1 aliphatic heterocycles. The molecule has 8 nitrogen and oxygen atoms in total. The van der Waals surface area contributed by atoms with Crippen LogP contribution < -0.4 is 0 Å². The lowest BCUT2D eigenvalue weighted by molar-refractivity contribution is 0.0360. The highest BCUT2D eigenvalue weighted by Gasteiger charge is 2.11. The van der Waals surface area contributed by atoms with Crippen LogP contribution in [0.25, 0.3) is 11.3 Å². The molecule has 2 aromatic rings. The van der Waals surface area contributed by atoms with E-state index in [0.717, 1.165) is 50.7 Å². The van der Waals surface area contributed by atoms with Gasteiger partial charge in [0.05, 0.1) is 43.9 Å². The van der Waals surface area contributed by atoms with E-state index in [1.807, 2.05) is 23.1 Å². The van der Waals surface area contributed by atoms with Gasteiger partial charge in [-0.25, -0.2) is 8.42 Å². The van der Waals surface area contributed by atoms with Gasteiger partial charge in [0.25, 0.3) is 0 Å². The Morgan fingerprint density at radius 1 is 1.17 bits per heavy atom. The van der Waals surface area contributed by atoms with E-state index < -0.39 is 9.84 Å². The number of morpholine rings is 1. The summed E-state index contributed by atoms with van der Waals surface area (Å²) in [5.41, 5.74) is 1.75. The Balaban J connectivity index is 1.56. The van der Waals surface area contributed by atoms with Gasteiger partial charge in [-0.15, -0.1) is 0 Å². The smallest absolute Gasteiger partial charge is 0.149 e. The summed E-state index contributed by atoms with van der Waals surface area (Å²) in [6.45, 7) is 5.70. The van der Waals surface area contributed by atoms with Gasteiger partial charge in [-0.2, -0.15) is 10.2 Å². The van der Waals surface area contributed by atoms with Gasteiger partial charge in [0.2, 0.25) is 0 Å².